The second kappa shape index (κ2) is 8.24. The van der Waals surface area contributed by atoms with Gasteiger partial charge in [-0.3, -0.25) is 4.79 Å². The van der Waals surface area contributed by atoms with Gasteiger partial charge in [-0.25, -0.2) is 4.98 Å². The molecule has 4 rings (SSSR count). The van der Waals surface area contributed by atoms with Gasteiger partial charge in [-0.05, 0) is 30.5 Å². The van der Waals surface area contributed by atoms with Crippen LogP contribution in [0.3, 0.4) is 0 Å². The Bertz CT molecular complexity index is 952. The van der Waals surface area contributed by atoms with Crippen LogP contribution in [0.15, 0.2) is 40.2 Å². The maximum atomic E-state index is 12.7. The van der Waals surface area contributed by atoms with E-state index in [1.165, 1.54) is 0 Å². The number of nitrogens with zero attached hydrogens (tertiary/aromatic N) is 3. The van der Waals surface area contributed by atoms with Crippen LogP contribution in [0, 0.1) is 6.92 Å². The van der Waals surface area contributed by atoms with Crippen molar-refractivity contribution in [2.45, 2.75) is 32.8 Å². The standard InChI is InChI=1S/C21H23N3O3S/c1-3-18-21(14(2)23-27-18)17-8-4-7-16(22-17)19-13-24(9-10-26-19)20(25)12-15-6-5-11-28-15/h4-8,11,19H,3,9-10,12-13H2,1-2H3/t19-/m0/s1. The van der Waals surface area contributed by atoms with Crippen LogP contribution in [0.1, 0.15) is 35.1 Å². The fourth-order valence-corrected chi connectivity index (χ4v) is 4.18. The Balaban J connectivity index is 1.52. The molecule has 0 saturated carbocycles. The molecule has 0 radical (unpaired) electrons. The molecular formula is C21H23N3O3S. The van der Waals surface area contributed by atoms with Gasteiger partial charge in [0.05, 0.1) is 42.2 Å². The van der Waals surface area contributed by atoms with Crippen LogP contribution in [0.5, 0.6) is 0 Å². The number of carbonyl (C=O) groups is 1. The summed E-state index contributed by atoms with van der Waals surface area (Å²) < 4.78 is 11.4. The predicted molar refractivity (Wildman–Crippen MR) is 107 cm³/mol. The highest BCUT2D eigenvalue weighted by molar-refractivity contribution is 7.10. The summed E-state index contributed by atoms with van der Waals surface area (Å²) in [5.41, 5.74) is 3.44. The largest absolute Gasteiger partial charge is 0.368 e. The third-order valence-corrected chi connectivity index (χ3v) is 5.81. The molecule has 0 aromatic carbocycles. The van der Waals surface area contributed by atoms with Gasteiger partial charge >= 0.3 is 0 Å². The minimum absolute atomic E-state index is 0.134. The van der Waals surface area contributed by atoms with E-state index in [4.69, 9.17) is 14.2 Å². The lowest BCUT2D eigenvalue weighted by molar-refractivity contribution is -0.138. The summed E-state index contributed by atoms with van der Waals surface area (Å²) in [6, 6.07) is 9.86. The number of thiophene rings is 1. The molecule has 0 spiro atoms. The van der Waals surface area contributed by atoms with Crippen molar-refractivity contribution in [2.75, 3.05) is 19.7 Å². The number of carbonyl (C=O) groups excluding carboxylic acids is 1. The third kappa shape index (κ3) is 3.86. The zero-order valence-corrected chi connectivity index (χ0v) is 16.9. The van der Waals surface area contributed by atoms with E-state index < -0.39 is 0 Å². The molecule has 1 atom stereocenters. The van der Waals surface area contributed by atoms with E-state index in [1.54, 1.807) is 11.3 Å². The second-order valence-electron chi connectivity index (χ2n) is 6.82. The molecule has 1 aliphatic heterocycles. The Labute approximate surface area is 168 Å². The van der Waals surface area contributed by atoms with E-state index in [9.17, 15) is 4.79 Å². The first-order valence-corrected chi connectivity index (χ1v) is 10.4. The van der Waals surface area contributed by atoms with Crippen LogP contribution in [-0.2, 0) is 22.4 Å². The molecule has 1 fully saturated rings. The first-order valence-electron chi connectivity index (χ1n) is 9.50. The normalized spacial score (nSPS) is 17.1. The van der Waals surface area contributed by atoms with Crippen molar-refractivity contribution in [3.63, 3.8) is 0 Å². The maximum absolute atomic E-state index is 12.7. The van der Waals surface area contributed by atoms with Crippen LogP contribution in [-0.4, -0.2) is 40.6 Å². The van der Waals surface area contributed by atoms with Crippen molar-refractivity contribution in [2.24, 2.45) is 0 Å². The summed E-state index contributed by atoms with van der Waals surface area (Å²) in [6.45, 7) is 5.61. The van der Waals surface area contributed by atoms with Crippen LogP contribution in [0.2, 0.25) is 0 Å². The Kier molecular flexibility index (Phi) is 5.54. The predicted octanol–water partition coefficient (Wildman–Crippen LogP) is 3.81. The van der Waals surface area contributed by atoms with Crippen molar-refractivity contribution >= 4 is 17.2 Å². The molecule has 6 nitrogen and oxygen atoms in total. The second-order valence-corrected chi connectivity index (χ2v) is 7.85. The molecule has 0 aliphatic carbocycles. The molecule has 1 aliphatic rings. The third-order valence-electron chi connectivity index (χ3n) is 4.94. The number of amides is 1. The van der Waals surface area contributed by atoms with Gasteiger partial charge in [-0.1, -0.05) is 24.2 Å². The molecule has 146 valence electrons. The summed E-state index contributed by atoms with van der Waals surface area (Å²) in [5, 5.41) is 6.08. The molecule has 3 aromatic rings. The molecule has 1 amide bonds. The number of hydrogen-bond acceptors (Lipinski definition) is 6. The quantitative estimate of drug-likeness (QED) is 0.655. The van der Waals surface area contributed by atoms with Gasteiger partial charge in [0, 0.05) is 17.8 Å². The Morgan fingerprint density at radius 2 is 2.21 bits per heavy atom. The number of rotatable bonds is 5. The molecule has 0 unspecified atom stereocenters. The summed E-state index contributed by atoms with van der Waals surface area (Å²) in [6.07, 6.45) is 0.969. The highest BCUT2D eigenvalue weighted by atomic mass is 32.1. The lowest BCUT2D eigenvalue weighted by Gasteiger charge is -2.32. The van der Waals surface area contributed by atoms with E-state index in [0.717, 1.165) is 39.7 Å². The highest BCUT2D eigenvalue weighted by Gasteiger charge is 2.27. The first-order chi connectivity index (χ1) is 13.7. The summed E-state index contributed by atoms with van der Waals surface area (Å²) >= 11 is 1.61. The number of ether oxygens (including phenoxy) is 1. The smallest absolute Gasteiger partial charge is 0.228 e. The number of aromatic nitrogens is 2. The summed E-state index contributed by atoms with van der Waals surface area (Å²) in [4.78, 5) is 20.4. The molecule has 3 aromatic heterocycles. The summed E-state index contributed by atoms with van der Waals surface area (Å²) in [7, 11) is 0. The molecule has 0 N–H and O–H groups in total. The molecular weight excluding hydrogens is 374 g/mol. The fraction of sp³-hybridized carbons (Fsp3) is 0.381. The molecule has 28 heavy (non-hydrogen) atoms. The van der Waals surface area contributed by atoms with Gasteiger partial charge < -0.3 is 14.2 Å². The Morgan fingerprint density at radius 1 is 1.32 bits per heavy atom. The van der Waals surface area contributed by atoms with Gasteiger partial charge in [-0.2, -0.15) is 0 Å². The van der Waals surface area contributed by atoms with Crippen molar-refractivity contribution < 1.29 is 14.1 Å². The maximum Gasteiger partial charge on any atom is 0.228 e. The van der Waals surface area contributed by atoms with E-state index in [-0.39, 0.29) is 12.0 Å². The van der Waals surface area contributed by atoms with E-state index in [2.05, 4.69) is 5.16 Å². The molecule has 1 saturated heterocycles. The monoisotopic (exact) mass is 397 g/mol. The summed E-state index contributed by atoms with van der Waals surface area (Å²) in [5.74, 6) is 0.967. The van der Waals surface area contributed by atoms with Crippen LogP contribution in [0.4, 0.5) is 0 Å². The van der Waals surface area contributed by atoms with Gasteiger partial charge in [0.15, 0.2) is 0 Å². The van der Waals surface area contributed by atoms with E-state index in [1.807, 2.05) is 54.5 Å². The van der Waals surface area contributed by atoms with Crippen molar-refractivity contribution in [3.8, 4) is 11.3 Å². The lowest BCUT2D eigenvalue weighted by Crippen LogP contribution is -2.43. The molecule has 4 heterocycles. The number of pyridine rings is 1. The van der Waals surface area contributed by atoms with Crippen LogP contribution >= 0.6 is 11.3 Å². The number of aryl methyl sites for hydroxylation is 2. The van der Waals surface area contributed by atoms with Crippen molar-refractivity contribution in [1.82, 2.24) is 15.0 Å². The number of hydrogen-bond donors (Lipinski definition) is 0. The van der Waals surface area contributed by atoms with E-state index >= 15 is 0 Å². The fourth-order valence-electron chi connectivity index (χ4n) is 3.48. The van der Waals surface area contributed by atoms with E-state index in [0.29, 0.717) is 26.1 Å². The lowest BCUT2D eigenvalue weighted by atomic mass is 10.1. The molecule has 7 heteroatoms. The van der Waals surface area contributed by atoms with Crippen molar-refractivity contribution in [3.05, 3.63) is 57.7 Å². The molecule has 0 bridgehead atoms. The zero-order valence-electron chi connectivity index (χ0n) is 16.1. The average molecular weight is 398 g/mol. The number of morpholine rings is 1. The SMILES string of the molecule is CCc1onc(C)c1-c1cccc([C@@H]2CN(C(=O)Cc3cccs3)CCO2)n1. The zero-order chi connectivity index (χ0) is 19.5. The Morgan fingerprint density at radius 3 is 3.00 bits per heavy atom. The van der Waals surface area contributed by atoms with Gasteiger partial charge in [0.25, 0.3) is 0 Å². The van der Waals surface area contributed by atoms with Crippen LogP contribution < -0.4 is 0 Å². The van der Waals surface area contributed by atoms with Gasteiger partial charge in [0.1, 0.15) is 11.9 Å². The Hall–Kier alpha value is -2.51. The minimum Gasteiger partial charge on any atom is -0.368 e. The average Bonchev–Trinajstić information content (AvgIpc) is 3.37. The first kappa shape index (κ1) is 18.8. The highest BCUT2D eigenvalue weighted by Crippen LogP contribution is 2.29. The topological polar surface area (TPSA) is 68.5 Å². The van der Waals surface area contributed by atoms with Gasteiger partial charge in [0.2, 0.25) is 5.91 Å². The minimum atomic E-state index is -0.230. The van der Waals surface area contributed by atoms with Gasteiger partial charge in [-0.15, -0.1) is 11.3 Å². The van der Waals surface area contributed by atoms with Crippen LogP contribution in [0.25, 0.3) is 11.3 Å². The van der Waals surface area contributed by atoms with Crippen molar-refractivity contribution in [1.29, 1.82) is 0 Å².